The van der Waals surface area contributed by atoms with Crippen molar-refractivity contribution in [1.29, 1.82) is 0 Å². The van der Waals surface area contributed by atoms with E-state index in [2.05, 4.69) is 13.0 Å². The van der Waals surface area contributed by atoms with Gasteiger partial charge in [-0.05, 0) is 31.5 Å². The quantitative estimate of drug-likeness (QED) is 0.940. The van der Waals surface area contributed by atoms with Crippen molar-refractivity contribution >= 4 is 17.3 Å². The van der Waals surface area contributed by atoms with Crippen molar-refractivity contribution in [1.82, 2.24) is 0 Å². The van der Waals surface area contributed by atoms with Crippen LogP contribution in [0, 0.1) is 13.8 Å². The van der Waals surface area contributed by atoms with Crippen LogP contribution in [0.5, 0.6) is 11.5 Å². The Morgan fingerprint density at radius 1 is 1.43 bits per heavy atom. The van der Waals surface area contributed by atoms with Gasteiger partial charge in [0.1, 0.15) is 24.2 Å². The minimum Gasteiger partial charge on any atom is -0.488 e. The standard InChI is InChI=1S/C16H16O4S/c1-9-3-4-13-11(5-9)7-12(20-13)8-19-14-6-10(2)21-15(14)16(17)18/h3-6,12H,7-8H2,1-2H3,(H,17,18). The molecule has 5 heteroatoms. The van der Waals surface area contributed by atoms with E-state index in [-0.39, 0.29) is 11.0 Å². The first-order chi connectivity index (χ1) is 10.0. The molecule has 1 aliphatic rings. The van der Waals surface area contributed by atoms with E-state index in [1.807, 2.05) is 19.1 Å². The minimum absolute atomic E-state index is 0.0661. The molecule has 1 N–H and O–H groups in total. The van der Waals surface area contributed by atoms with E-state index in [1.54, 1.807) is 6.07 Å². The van der Waals surface area contributed by atoms with E-state index in [1.165, 1.54) is 22.5 Å². The third-order valence-electron chi connectivity index (χ3n) is 3.40. The van der Waals surface area contributed by atoms with Crippen molar-refractivity contribution in [3.8, 4) is 11.5 Å². The Kier molecular flexibility index (Phi) is 3.59. The smallest absolute Gasteiger partial charge is 0.349 e. The maximum absolute atomic E-state index is 11.1. The molecule has 0 saturated heterocycles. The molecule has 1 aromatic heterocycles. The average Bonchev–Trinajstić information content (AvgIpc) is 2.98. The van der Waals surface area contributed by atoms with Crippen LogP contribution >= 0.6 is 11.3 Å². The highest BCUT2D eigenvalue weighted by Gasteiger charge is 2.24. The molecule has 4 nitrogen and oxygen atoms in total. The van der Waals surface area contributed by atoms with Crippen LogP contribution in [-0.4, -0.2) is 23.8 Å². The zero-order valence-corrected chi connectivity index (χ0v) is 12.7. The number of fused-ring (bicyclic) bond motifs is 1. The van der Waals surface area contributed by atoms with Crippen molar-refractivity contribution in [3.05, 3.63) is 45.1 Å². The first-order valence-electron chi connectivity index (χ1n) is 6.75. The van der Waals surface area contributed by atoms with Gasteiger partial charge in [0, 0.05) is 11.3 Å². The van der Waals surface area contributed by atoms with Crippen LogP contribution in [0.2, 0.25) is 0 Å². The molecule has 0 aliphatic carbocycles. The predicted molar refractivity (Wildman–Crippen MR) is 80.8 cm³/mol. The second-order valence-electron chi connectivity index (χ2n) is 5.22. The number of carboxylic acids is 1. The number of benzene rings is 1. The third kappa shape index (κ3) is 2.88. The average molecular weight is 304 g/mol. The fourth-order valence-corrected chi connectivity index (χ4v) is 3.27. The first kappa shape index (κ1) is 13.9. The monoisotopic (exact) mass is 304 g/mol. The van der Waals surface area contributed by atoms with E-state index in [0.29, 0.717) is 12.4 Å². The zero-order chi connectivity index (χ0) is 15.0. The Hall–Kier alpha value is -2.01. The Morgan fingerprint density at radius 2 is 2.24 bits per heavy atom. The van der Waals surface area contributed by atoms with Gasteiger partial charge in [-0.1, -0.05) is 17.7 Å². The number of carboxylic acid groups (broad SMARTS) is 1. The summed E-state index contributed by atoms with van der Waals surface area (Å²) in [6, 6.07) is 7.88. The fraction of sp³-hybridized carbons (Fsp3) is 0.312. The van der Waals surface area contributed by atoms with E-state index < -0.39 is 5.97 Å². The number of thiophene rings is 1. The third-order valence-corrected chi connectivity index (χ3v) is 4.42. The fourth-order valence-electron chi connectivity index (χ4n) is 2.47. The van der Waals surface area contributed by atoms with Gasteiger partial charge in [-0.3, -0.25) is 0 Å². The zero-order valence-electron chi connectivity index (χ0n) is 11.9. The Morgan fingerprint density at radius 3 is 3.00 bits per heavy atom. The molecule has 0 fully saturated rings. The summed E-state index contributed by atoms with van der Waals surface area (Å²) in [5.74, 6) is 0.379. The Labute approximate surface area is 126 Å². The summed E-state index contributed by atoms with van der Waals surface area (Å²) in [7, 11) is 0. The normalized spacial score (nSPS) is 16.4. The molecule has 1 aromatic carbocycles. The van der Waals surface area contributed by atoms with Crippen LogP contribution in [0.4, 0.5) is 0 Å². The molecule has 0 saturated carbocycles. The number of hydrogen-bond donors (Lipinski definition) is 1. The topological polar surface area (TPSA) is 55.8 Å². The van der Waals surface area contributed by atoms with Gasteiger partial charge in [-0.25, -0.2) is 4.79 Å². The molecule has 0 radical (unpaired) electrons. The van der Waals surface area contributed by atoms with Crippen LogP contribution in [0.1, 0.15) is 25.7 Å². The number of aromatic carboxylic acids is 1. The number of carbonyl (C=O) groups is 1. The van der Waals surface area contributed by atoms with Gasteiger partial charge in [-0.2, -0.15) is 0 Å². The molecule has 1 aliphatic heterocycles. The van der Waals surface area contributed by atoms with Crippen molar-refractivity contribution in [3.63, 3.8) is 0 Å². The lowest BCUT2D eigenvalue weighted by Gasteiger charge is -2.12. The summed E-state index contributed by atoms with van der Waals surface area (Å²) in [5.41, 5.74) is 2.39. The van der Waals surface area contributed by atoms with E-state index >= 15 is 0 Å². The lowest BCUT2D eigenvalue weighted by molar-refractivity contribution is 0.0694. The molecule has 21 heavy (non-hydrogen) atoms. The van der Waals surface area contributed by atoms with E-state index in [9.17, 15) is 4.79 Å². The molecule has 2 aromatic rings. The molecular formula is C16H16O4S. The molecule has 1 atom stereocenters. The molecule has 0 spiro atoms. The lowest BCUT2D eigenvalue weighted by atomic mass is 10.1. The Bertz CT molecular complexity index is 690. The second kappa shape index (κ2) is 5.41. The molecule has 0 bridgehead atoms. The summed E-state index contributed by atoms with van der Waals surface area (Å²) in [6.45, 7) is 4.27. The maximum atomic E-state index is 11.1. The van der Waals surface area contributed by atoms with Crippen LogP contribution in [0.15, 0.2) is 24.3 Å². The van der Waals surface area contributed by atoms with Gasteiger partial charge in [-0.15, -0.1) is 11.3 Å². The lowest BCUT2D eigenvalue weighted by Crippen LogP contribution is -2.22. The van der Waals surface area contributed by atoms with Gasteiger partial charge < -0.3 is 14.6 Å². The molecule has 1 unspecified atom stereocenters. The summed E-state index contributed by atoms with van der Waals surface area (Å²) in [6.07, 6.45) is 0.728. The van der Waals surface area contributed by atoms with Crippen LogP contribution in [0.3, 0.4) is 0 Å². The first-order valence-corrected chi connectivity index (χ1v) is 7.57. The Balaban J connectivity index is 1.66. The van der Waals surface area contributed by atoms with E-state index in [4.69, 9.17) is 14.6 Å². The van der Waals surface area contributed by atoms with Crippen molar-refractivity contribution in [2.75, 3.05) is 6.61 Å². The van der Waals surface area contributed by atoms with Crippen molar-refractivity contribution < 1.29 is 19.4 Å². The maximum Gasteiger partial charge on any atom is 0.349 e. The molecular weight excluding hydrogens is 288 g/mol. The highest BCUT2D eigenvalue weighted by Crippen LogP contribution is 2.32. The summed E-state index contributed by atoms with van der Waals surface area (Å²) >= 11 is 1.23. The number of rotatable bonds is 4. The molecule has 2 heterocycles. The molecule has 0 amide bonds. The SMILES string of the molecule is Cc1ccc2c(c1)CC(COc1cc(C)sc1C(=O)O)O2. The summed E-state index contributed by atoms with van der Waals surface area (Å²) in [5, 5.41) is 9.14. The number of ether oxygens (including phenoxy) is 2. The van der Waals surface area contributed by atoms with Crippen molar-refractivity contribution in [2.45, 2.75) is 26.4 Å². The molecule has 3 rings (SSSR count). The minimum atomic E-state index is -0.950. The van der Waals surface area contributed by atoms with Gasteiger partial charge in [0.15, 0.2) is 4.88 Å². The highest BCUT2D eigenvalue weighted by atomic mass is 32.1. The highest BCUT2D eigenvalue weighted by molar-refractivity contribution is 7.14. The van der Waals surface area contributed by atoms with Crippen LogP contribution in [-0.2, 0) is 6.42 Å². The number of hydrogen-bond acceptors (Lipinski definition) is 4. The van der Waals surface area contributed by atoms with Gasteiger partial charge in [0.05, 0.1) is 0 Å². The van der Waals surface area contributed by atoms with Crippen LogP contribution < -0.4 is 9.47 Å². The largest absolute Gasteiger partial charge is 0.488 e. The predicted octanol–water partition coefficient (Wildman–Crippen LogP) is 3.45. The van der Waals surface area contributed by atoms with E-state index in [0.717, 1.165) is 17.0 Å². The van der Waals surface area contributed by atoms with Gasteiger partial charge >= 0.3 is 5.97 Å². The second-order valence-corrected chi connectivity index (χ2v) is 6.48. The van der Waals surface area contributed by atoms with Crippen molar-refractivity contribution in [2.24, 2.45) is 0 Å². The molecule has 110 valence electrons. The number of aryl methyl sites for hydroxylation is 2. The van der Waals surface area contributed by atoms with Crippen LogP contribution in [0.25, 0.3) is 0 Å². The summed E-state index contributed by atoms with van der Waals surface area (Å²) < 4.78 is 11.5. The van der Waals surface area contributed by atoms with Gasteiger partial charge in [0.2, 0.25) is 0 Å². The summed E-state index contributed by atoms with van der Waals surface area (Å²) in [4.78, 5) is 12.3. The van der Waals surface area contributed by atoms with Gasteiger partial charge in [0.25, 0.3) is 0 Å².